The predicted octanol–water partition coefficient (Wildman–Crippen LogP) is 6.13. The van der Waals surface area contributed by atoms with E-state index in [2.05, 4.69) is 29.6 Å². The third-order valence-corrected chi connectivity index (χ3v) is 8.22. The van der Waals surface area contributed by atoms with E-state index in [1.165, 1.54) is 32.1 Å². The van der Waals surface area contributed by atoms with Crippen molar-refractivity contribution in [2.24, 2.45) is 0 Å². The molecule has 0 radical (unpaired) electrons. The molecule has 2 aromatic rings. The van der Waals surface area contributed by atoms with Gasteiger partial charge >= 0.3 is 0 Å². The van der Waals surface area contributed by atoms with Crippen LogP contribution in [0.3, 0.4) is 0 Å². The van der Waals surface area contributed by atoms with Gasteiger partial charge in [0.1, 0.15) is 0 Å². The maximum Gasteiger partial charge on any atom is 0.175 e. The molecule has 1 aromatic carbocycles. The zero-order valence-electron chi connectivity index (χ0n) is 16.4. The SMILES string of the molecule is CCN(CC)[s+]1ccc(C2CCCCC2)c1CCC(O)c1ccccc1. The van der Waals surface area contributed by atoms with Gasteiger partial charge in [0.2, 0.25) is 0 Å². The molecule has 0 bridgehead atoms. The van der Waals surface area contributed by atoms with Crippen LogP contribution in [0.2, 0.25) is 0 Å². The first-order valence-electron chi connectivity index (χ1n) is 10.4. The van der Waals surface area contributed by atoms with Crippen molar-refractivity contribution in [3.8, 4) is 0 Å². The van der Waals surface area contributed by atoms with Crippen LogP contribution in [-0.2, 0) is 6.42 Å². The summed E-state index contributed by atoms with van der Waals surface area (Å²) in [6.45, 7) is 6.71. The number of rotatable bonds is 8. The molecule has 0 spiro atoms. The smallest absolute Gasteiger partial charge is 0.175 e. The number of aliphatic hydroxyl groups excluding tert-OH is 1. The fraction of sp³-hybridized carbons (Fsp3) is 0.565. The number of hydrogen-bond donors (Lipinski definition) is 1. The van der Waals surface area contributed by atoms with Crippen LogP contribution in [0, 0.1) is 0 Å². The summed E-state index contributed by atoms with van der Waals surface area (Å²) >= 11 is 0. The molecule has 1 aromatic heterocycles. The molecule has 0 saturated heterocycles. The molecule has 1 heterocycles. The van der Waals surface area contributed by atoms with E-state index in [-0.39, 0.29) is 16.8 Å². The molecule has 0 amide bonds. The normalized spacial score (nSPS) is 17.6. The maximum atomic E-state index is 10.7. The summed E-state index contributed by atoms with van der Waals surface area (Å²) in [5, 5.41) is 13.1. The Morgan fingerprint density at radius 2 is 1.73 bits per heavy atom. The Kier molecular flexibility index (Phi) is 7.30. The minimum absolute atomic E-state index is 0.114. The second-order valence-corrected chi connectivity index (χ2v) is 9.32. The first kappa shape index (κ1) is 19.6. The van der Waals surface area contributed by atoms with Crippen molar-refractivity contribution in [2.45, 2.75) is 70.8 Å². The standard InChI is InChI=1S/C23H34NOS/c1-3-24(4-2)26-18-17-21(19-11-7-5-8-12-19)23(26)16-15-22(25)20-13-9-6-10-14-20/h6,9-10,13-14,17-19,22,25H,3-5,7-8,11-12,15-16H2,1-2H3/q+1. The Bertz CT molecular complexity index is 656. The van der Waals surface area contributed by atoms with Gasteiger partial charge in [0, 0.05) is 31.1 Å². The lowest BCUT2D eigenvalue weighted by atomic mass is 9.84. The van der Waals surface area contributed by atoms with Gasteiger partial charge in [-0.1, -0.05) is 49.6 Å². The van der Waals surface area contributed by atoms with Crippen molar-refractivity contribution >= 4 is 10.7 Å². The lowest BCUT2D eigenvalue weighted by molar-refractivity contribution is 0.168. The fourth-order valence-electron chi connectivity index (χ4n) is 4.31. The van der Waals surface area contributed by atoms with Gasteiger partial charge in [-0.05, 0) is 44.6 Å². The summed E-state index contributed by atoms with van der Waals surface area (Å²) in [5.74, 6) is 0.747. The first-order chi connectivity index (χ1) is 12.7. The Morgan fingerprint density at radius 1 is 1.04 bits per heavy atom. The quantitative estimate of drug-likeness (QED) is 0.564. The molecule has 142 valence electrons. The predicted molar refractivity (Wildman–Crippen MR) is 114 cm³/mol. The van der Waals surface area contributed by atoms with E-state index in [1.807, 2.05) is 30.3 Å². The van der Waals surface area contributed by atoms with E-state index in [9.17, 15) is 5.11 Å². The molecule has 26 heavy (non-hydrogen) atoms. The van der Waals surface area contributed by atoms with Crippen molar-refractivity contribution < 1.29 is 5.11 Å². The highest BCUT2D eigenvalue weighted by Crippen LogP contribution is 2.42. The Labute approximate surface area is 162 Å². The summed E-state index contributed by atoms with van der Waals surface area (Å²) in [6, 6.07) is 12.6. The number of hydrogen-bond acceptors (Lipinski definition) is 2. The molecule has 1 aliphatic carbocycles. The highest BCUT2D eigenvalue weighted by molar-refractivity contribution is 7.32. The van der Waals surface area contributed by atoms with E-state index < -0.39 is 0 Å². The summed E-state index contributed by atoms with van der Waals surface area (Å²) in [6.07, 6.45) is 8.31. The lowest BCUT2D eigenvalue weighted by Gasteiger charge is -2.21. The lowest BCUT2D eigenvalue weighted by Crippen LogP contribution is -2.21. The second kappa shape index (κ2) is 9.68. The highest BCUT2D eigenvalue weighted by Gasteiger charge is 2.30. The molecule has 3 heteroatoms. The van der Waals surface area contributed by atoms with Gasteiger partial charge in [-0.2, -0.15) is 0 Å². The molecule has 1 fully saturated rings. The van der Waals surface area contributed by atoms with Crippen LogP contribution in [0.15, 0.2) is 41.8 Å². The molecule has 2 atom stereocenters. The Balaban J connectivity index is 1.81. The molecular weight excluding hydrogens is 338 g/mol. The molecule has 0 aliphatic heterocycles. The van der Waals surface area contributed by atoms with Gasteiger partial charge in [-0.3, -0.25) is 0 Å². The van der Waals surface area contributed by atoms with Gasteiger partial charge in [0.25, 0.3) is 0 Å². The van der Waals surface area contributed by atoms with E-state index in [0.29, 0.717) is 0 Å². The van der Waals surface area contributed by atoms with Crippen LogP contribution in [0.25, 0.3) is 0 Å². The first-order valence-corrected chi connectivity index (χ1v) is 11.6. The van der Waals surface area contributed by atoms with Crippen LogP contribution in [-0.4, -0.2) is 18.2 Å². The summed E-state index contributed by atoms with van der Waals surface area (Å²) in [5.41, 5.74) is 2.65. The number of aliphatic hydroxyl groups is 1. The van der Waals surface area contributed by atoms with E-state index in [0.717, 1.165) is 37.4 Å². The van der Waals surface area contributed by atoms with Crippen LogP contribution in [0.1, 0.15) is 80.4 Å². The summed E-state index contributed by atoms with van der Waals surface area (Å²) in [7, 11) is 0.114. The average molecular weight is 373 g/mol. The number of benzene rings is 1. The maximum absolute atomic E-state index is 10.7. The summed E-state index contributed by atoms with van der Waals surface area (Å²) < 4.78 is 2.58. The van der Waals surface area contributed by atoms with E-state index in [4.69, 9.17) is 0 Å². The van der Waals surface area contributed by atoms with Gasteiger partial charge in [-0.25, -0.2) is 0 Å². The third kappa shape index (κ3) is 4.57. The zero-order valence-corrected chi connectivity index (χ0v) is 17.2. The van der Waals surface area contributed by atoms with Crippen molar-refractivity contribution in [1.82, 2.24) is 0 Å². The fourth-order valence-corrected chi connectivity index (χ4v) is 6.60. The molecule has 3 rings (SSSR count). The minimum Gasteiger partial charge on any atom is -0.388 e. The second-order valence-electron chi connectivity index (χ2n) is 7.41. The van der Waals surface area contributed by atoms with Crippen molar-refractivity contribution in [3.05, 3.63) is 57.8 Å². The van der Waals surface area contributed by atoms with Crippen molar-refractivity contribution in [3.63, 3.8) is 0 Å². The molecule has 1 N–H and O–H groups in total. The van der Waals surface area contributed by atoms with Crippen molar-refractivity contribution in [2.75, 3.05) is 17.4 Å². The van der Waals surface area contributed by atoms with Gasteiger partial charge in [-0.15, -0.1) is 4.31 Å². The minimum atomic E-state index is -0.362. The van der Waals surface area contributed by atoms with E-state index in [1.54, 1.807) is 10.4 Å². The van der Waals surface area contributed by atoms with E-state index >= 15 is 0 Å². The Morgan fingerprint density at radius 3 is 2.38 bits per heavy atom. The topological polar surface area (TPSA) is 23.5 Å². The monoisotopic (exact) mass is 372 g/mol. The third-order valence-electron chi connectivity index (χ3n) is 5.81. The molecule has 1 saturated carbocycles. The molecule has 2 nitrogen and oxygen atoms in total. The van der Waals surface area contributed by atoms with Crippen LogP contribution >= 0.6 is 10.7 Å². The summed E-state index contributed by atoms with van der Waals surface area (Å²) in [4.78, 5) is 1.61. The van der Waals surface area contributed by atoms with Gasteiger partial charge < -0.3 is 5.11 Å². The molecular formula is C23H34NOS+. The number of thiophene rings is 1. The largest absolute Gasteiger partial charge is 0.388 e. The van der Waals surface area contributed by atoms with Crippen LogP contribution < -0.4 is 4.31 Å². The molecule has 1 aliphatic rings. The van der Waals surface area contributed by atoms with Gasteiger partial charge in [0.15, 0.2) is 10.3 Å². The Hall–Kier alpha value is -1.16. The average Bonchev–Trinajstić information content (AvgIpc) is 3.12. The number of nitrogens with zero attached hydrogens (tertiary/aromatic N) is 1. The molecule has 2 unspecified atom stereocenters. The zero-order chi connectivity index (χ0) is 18.4. The van der Waals surface area contributed by atoms with Gasteiger partial charge in [0.05, 0.1) is 16.8 Å². The van der Waals surface area contributed by atoms with Crippen LogP contribution in [0.4, 0.5) is 0 Å². The van der Waals surface area contributed by atoms with Crippen LogP contribution in [0.5, 0.6) is 0 Å². The highest BCUT2D eigenvalue weighted by atomic mass is 32.2. The van der Waals surface area contributed by atoms with Crippen molar-refractivity contribution in [1.29, 1.82) is 0 Å².